The molecule has 1 aliphatic carbocycles. The third kappa shape index (κ3) is 28.5. The molecule has 5 N–H and O–H groups in total. The van der Waals surface area contributed by atoms with Gasteiger partial charge in [0.15, 0.2) is 6.10 Å². The number of hydrogen-bond donors (Lipinski definition) is 4. The largest absolute Gasteiger partial charge is 0.472 e. The maximum atomic E-state index is 12.7. The first-order valence-corrected chi connectivity index (χ1v) is 23.0. The molecule has 0 spiro atoms. The summed E-state index contributed by atoms with van der Waals surface area (Å²) >= 11 is 0. The fraction of sp³-hybridized carbons (Fsp3) is 0.667. The van der Waals surface area contributed by atoms with Gasteiger partial charge >= 0.3 is 19.8 Å². The number of phosphoric ester groups is 1. The van der Waals surface area contributed by atoms with Crippen LogP contribution in [0.3, 0.4) is 0 Å². The number of ketones is 1. The lowest BCUT2D eigenvalue weighted by Crippen LogP contribution is -2.29. The molecule has 6 atom stereocenters. The van der Waals surface area contributed by atoms with E-state index in [1.165, 1.54) is 19.3 Å². The Bertz CT molecular complexity index is 1340. The molecule has 0 aromatic rings. The number of allylic oxidation sites excluding steroid dienone is 11. The van der Waals surface area contributed by atoms with Gasteiger partial charge in [-0.2, -0.15) is 0 Å². The lowest BCUT2D eigenvalue weighted by molar-refractivity contribution is -0.161. The molecule has 0 aromatic heterocycles. The van der Waals surface area contributed by atoms with E-state index in [2.05, 4.69) is 50.3 Å². The Morgan fingerprint density at radius 2 is 1.36 bits per heavy atom. The molecule has 13 heteroatoms. The lowest BCUT2D eigenvalue weighted by atomic mass is 9.90. The quantitative estimate of drug-likeness (QED) is 0.0206. The van der Waals surface area contributed by atoms with Crippen molar-refractivity contribution in [2.24, 2.45) is 17.6 Å². The van der Waals surface area contributed by atoms with Gasteiger partial charge in [0.1, 0.15) is 12.4 Å². The van der Waals surface area contributed by atoms with Gasteiger partial charge in [-0.15, -0.1) is 0 Å². The minimum atomic E-state index is -4.47. The monoisotopic (exact) mass is 835 g/mol. The second kappa shape index (κ2) is 34.9. The fourth-order valence-corrected chi connectivity index (χ4v) is 6.90. The second-order valence-electron chi connectivity index (χ2n) is 14.6. The zero-order chi connectivity index (χ0) is 42.7. The maximum absolute atomic E-state index is 12.7. The number of rotatable bonds is 35. The zero-order valence-electron chi connectivity index (χ0n) is 35.2. The van der Waals surface area contributed by atoms with Gasteiger partial charge in [0, 0.05) is 37.6 Å². The van der Waals surface area contributed by atoms with Crippen LogP contribution >= 0.6 is 7.82 Å². The number of aliphatic hydroxyl groups excluding tert-OH is 2. The Morgan fingerprint density at radius 1 is 0.793 bits per heavy atom. The molecule has 0 aliphatic heterocycles. The summed E-state index contributed by atoms with van der Waals surface area (Å²) in [5, 5.41) is 20.7. The van der Waals surface area contributed by atoms with Gasteiger partial charge in [0.2, 0.25) is 0 Å². The first-order valence-electron chi connectivity index (χ1n) is 21.5. The van der Waals surface area contributed by atoms with E-state index in [0.29, 0.717) is 38.5 Å². The third-order valence-corrected chi connectivity index (χ3v) is 10.4. The van der Waals surface area contributed by atoms with Crippen molar-refractivity contribution in [3.05, 3.63) is 72.9 Å². The molecule has 1 rings (SSSR count). The summed E-state index contributed by atoms with van der Waals surface area (Å²) in [4.78, 5) is 47.5. The molecular weight excluding hydrogens is 761 g/mol. The third-order valence-electron chi connectivity index (χ3n) is 9.44. The van der Waals surface area contributed by atoms with Crippen LogP contribution < -0.4 is 5.73 Å². The van der Waals surface area contributed by atoms with Crippen LogP contribution in [-0.2, 0) is 37.5 Å². The molecule has 0 heterocycles. The van der Waals surface area contributed by atoms with Crippen LogP contribution in [0, 0.1) is 11.8 Å². The van der Waals surface area contributed by atoms with Crippen molar-refractivity contribution in [3.8, 4) is 0 Å². The van der Waals surface area contributed by atoms with E-state index >= 15 is 0 Å². The molecule has 0 bridgehead atoms. The summed E-state index contributed by atoms with van der Waals surface area (Å²) < 4.78 is 32.6. The number of phosphoric acid groups is 1. The van der Waals surface area contributed by atoms with Gasteiger partial charge in [-0.25, -0.2) is 4.57 Å². The first kappa shape index (κ1) is 53.1. The number of ether oxygens (including phenoxy) is 2. The van der Waals surface area contributed by atoms with Gasteiger partial charge in [-0.1, -0.05) is 119 Å². The SMILES string of the molecule is CCCCC/C=C\C/C=C\C/C=C\C/C=C\CCCC(=O)OC[C@H](COP(=O)(O)OCCN)OC(=O)CCC/C=C\C[C@H]1[C@@H](O)CC(=O)[C@@H]1/C=C/[C@@H](O)CCCCC. The predicted molar refractivity (Wildman–Crippen MR) is 230 cm³/mol. The summed E-state index contributed by atoms with van der Waals surface area (Å²) in [5.74, 6) is -1.88. The van der Waals surface area contributed by atoms with Gasteiger partial charge < -0.3 is 30.3 Å². The number of Topliss-reactive ketones (excluding diaryl/α,β-unsaturated/α-hetero) is 1. The minimum absolute atomic E-state index is 0.000236. The summed E-state index contributed by atoms with van der Waals surface area (Å²) in [5.41, 5.74) is 5.33. The van der Waals surface area contributed by atoms with Crippen LogP contribution in [-0.4, -0.2) is 77.5 Å². The van der Waals surface area contributed by atoms with Crippen LogP contribution in [0.4, 0.5) is 0 Å². The van der Waals surface area contributed by atoms with E-state index in [-0.39, 0.29) is 50.7 Å². The summed E-state index contributed by atoms with van der Waals surface area (Å²) in [7, 11) is -4.47. The molecule has 330 valence electrons. The van der Waals surface area contributed by atoms with Crippen LogP contribution in [0.25, 0.3) is 0 Å². The van der Waals surface area contributed by atoms with Crippen molar-refractivity contribution < 1.29 is 52.6 Å². The van der Waals surface area contributed by atoms with Gasteiger partial charge in [-0.3, -0.25) is 23.4 Å². The topological polar surface area (TPSA) is 192 Å². The average molecular weight is 836 g/mol. The number of aliphatic hydroxyl groups is 2. The van der Waals surface area contributed by atoms with Crippen molar-refractivity contribution in [2.45, 2.75) is 154 Å². The Hall–Kier alpha value is -2.96. The molecule has 0 radical (unpaired) electrons. The van der Waals surface area contributed by atoms with Crippen molar-refractivity contribution in [2.75, 3.05) is 26.4 Å². The van der Waals surface area contributed by atoms with Crippen molar-refractivity contribution in [1.82, 2.24) is 0 Å². The van der Waals surface area contributed by atoms with Gasteiger partial charge in [0.25, 0.3) is 0 Å². The van der Waals surface area contributed by atoms with Gasteiger partial charge in [0.05, 0.1) is 25.4 Å². The molecule has 0 saturated heterocycles. The molecule has 1 saturated carbocycles. The summed E-state index contributed by atoms with van der Waals surface area (Å²) in [6, 6.07) is 0. The first-order chi connectivity index (χ1) is 28.0. The highest BCUT2D eigenvalue weighted by atomic mass is 31.2. The van der Waals surface area contributed by atoms with E-state index in [1.54, 1.807) is 12.2 Å². The highest BCUT2D eigenvalue weighted by molar-refractivity contribution is 7.47. The molecule has 1 fully saturated rings. The van der Waals surface area contributed by atoms with E-state index < -0.39 is 50.6 Å². The standard InChI is InChI=1S/C45H74NO11P/c1-3-5-7-8-9-10-11-12-13-14-15-16-17-18-19-20-25-29-44(50)54-36-39(37-56-58(52,53)55-34-33-46)57-45(51)30-26-22-21-24-28-40-41(43(49)35-42(40)48)32-31-38(47)27-23-6-4-2/h9-10,12-13,15-16,18-19,21,24,31-32,38-42,47-48H,3-8,11,14,17,20,22-23,25-30,33-37,46H2,1-2H3,(H,52,53)/b10-9-,13-12-,16-15-,19-18-,24-21-,32-31+/t38-,39+,40+,41+,42-/m0/s1. The van der Waals surface area contributed by atoms with E-state index in [9.17, 15) is 34.1 Å². The van der Waals surface area contributed by atoms with E-state index in [1.807, 2.05) is 24.3 Å². The molecule has 0 amide bonds. The van der Waals surface area contributed by atoms with Crippen LogP contribution in [0.15, 0.2) is 72.9 Å². The number of hydrogen-bond acceptors (Lipinski definition) is 11. The molecule has 12 nitrogen and oxygen atoms in total. The van der Waals surface area contributed by atoms with Crippen molar-refractivity contribution >= 4 is 25.5 Å². The molecular formula is C45H74NO11P. The van der Waals surface area contributed by atoms with E-state index in [4.69, 9.17) is 24.3 Å². The number of unbranched alkanes of at least 4 members (excludes halogenated alkanes) is 7. The molecule has 1 unspecified atom stereocenters. The van der Waals surface area contributed by atoms with Crippen LogP contribution in [0.2, 0.25) is 0 Å². The number of carbonyl (C=O) groups excluding carboxylic acids is 3. The van der Waals surface area contributed by atoms with Crippen molar-refractivity contribution in [3.63, 3.8) is 0 Å². The van der Waals surface area contributed by atoms with Crippen molar-refractivity contribution in [1.29, 1.82) is 0 Å². The van der Waals surface area contributed by atoms with Gasteiger partial charge in [-0.05, 0) is 70.6 Å². The molecule has 0 aromatic carbocycles. The predicted octanol–water partition coefficient (Wildman–Crippen LogP) is 8.86. The summed E-state index contributed by atoms with van der Waals surface area (Å²) in [6.45, 7) is 3.20. The molecule has 58 heavy (non-hydrogen) atoms. The number of nitrogens with two attached hydrogens (primary N) is 1. The smallest absolute Gasteiger partial charge is 0.462 e. The maximum Gasteiger partial charge on any atom is 0.472 e. The minimum Gasteiger partial charge on any atom is -0.462 e. The Morgan fingerprint density at radius 3 is 1.98 bits per heavy atom. The highest BCUT2D eigenvalue weighted by Gasteiger charge is 2.39. The Balaban J connectivity index is 2.47. The van der Waals surface area contributed by atoms with E-state index in [0.717, 1.165) is 44.9 Å². The Kier molecular flexibility index (Phi) is 31.9. The number of esters is 2. The average Bonchev–Trinajstić information content (AvgIpc) is 3.47. The normalized spacial score (nSPS) is 19.8. The second-order valence-corrected chi connectivity index (χ2v) is 16.1. The molecule has 1 aliphatic rings. The number of carbonyl (C=O) groups is 3. The zero-order valence-corrected chi connectivity index (χ0v) is 36.1. The van der Waals surface area contributed by atoms with Crippen LogP contribution in [0.5, 0.6) is 0 Å². The highest BCUT2D eigenvalue weighted by Crippen LogP contribution is 2.43. The fourth-order valence-electron chi connectivity index (χ4n) is 6.14. The lowest BCUT2D eigenvalue weighted by Gasteiger charge is -2.19. The Labute approximate surface area is 348 Å². The summed E-state index contributed by atoms with van der Waals surface area (Å²) in [6.07, 6.45) is 35.9. The van der Waals surface area contributed by atoms with Crippen LogP contribution in [0.1, 0.15) is 136 Å².